The van der Waals surface area contributed by atoms with Gasteiger partial charge in [-0.15, -0.1) is 18.2 Å². The van der Waals surface area contributed by atoms with Crippen LogP contribution in [0.4, 0.5) is 0 Å². The Morgan fingerprint density at radius 3 is 2.75 bits per heavy atom. The summed E-state index contributed by atoms with van der Waals surface area (Å²) in [5, 5.41) is 0. The van der Waals surface area contributed by atoms with E-state index in [1.807, 2.05) is 6.08 Å². The van der Waals surface area contributed by atoms with Gasteiger partial charge in [0.15, 0.2) is 0 Å². The van der Waals surface area contributed by atoms with Gasteiger partial charge in [-0.3, -0.25) is 0 Å². The maximum absolute atomic E-state index is 5.36. The first-order valence-corrected chi connectivity index (χ1v) is 2.96. The molecule has 1 nitrogen and oxygen atoms in total. The van der Waals surface area contributed by atoms with Gasteiger partial charge in [-0.1, -0.05) is 12.2 Å². The smallest absolute Gasteiger partial charge is 0.0616 e. The van der Waals surface area contributed by atoms with Crippen LogP contribution in [0.1, 0.15) is 6.42 Å². The van der Waals surface area contributed by atoms with Crippen LogP contribution in [0.2, 0.25) is 0 Å². The molecule has 0 bridgehead atoms. The minimum Gasteiger partial charge on any atom is -0.401 e. The minimum absolute atomic E-state index is 0.411. The first-order valence-electron chi connectivity index (χ1n) is 2.42. The molecule has 0 aliphatic rings. The van der Waals surface area contributed by atoms with Crippen molar-refractivity contribution in [2.75, 3.05) is 5.88 Å². The van der Waals surface area contributed by atoms with E-state index in [1.54, 1.807) is 6.08 Å². The molecule has 46 valence electrons. The number of rotatable bonds is 3. The molecular weight excluding hydrogens is 122 g/mol. The van der Waals surface area contributed by atoms with Crippen LogP contribution in [0.5, 0.6) is 0 Å². The predicted octanol–water partition coefficient (Wildman–Crippen LogP) is 1.64. The normalized spacial score (nSPS) is 11.4. The van der Waals surface area contributed by atoms with E-state index < -0.39 is 0 Å². The predicted molar refractivity (Wildman–Crippen MR) is 37.8 cm³/mol. The first-order chi connectivity index (χ1) is 3.81. The van der Waals surface area contributed by atoms with Gasteiger partial charge in [0.25, 0.3) is 0 Å². The maximum Gasteiger partial charge on any atom is 0.0616 e. The second kappa shape index (κ2) is 4.72. The topological polar surface area (TPSA) is 26.0 Å². The monoisotopic (exact) mass is 131 g/mol. The SMILES string of the molecule is C=CC/C=C(/N)CCl. The van der Waals surface area contributed by atoms with Crippen molar-refractivity contribution in [3.63, 3.8) is 0 Å². The van der Waals surface area contributed by atoms with Crippen molar-refractivity contribution in [2.45, 2.75) is 6.42 Å². The molecule has 0 saturated heterocycles. The van der Waals surface area contributed by atoms with Crippen LogP contribution < -0.4 is 5.73 Å². The van der Waals surface area contributed by atoms with Gasteiger partial charge in [0, 0.05) is 5.70 Å². The van der Waals surface area contributed by atoms with Gasteiger partial charge >= 0.3 is 0 Å². The van der Waals surface area contributed by atoms with Gasteiger partial charge in [-0.25, -0.2) is 0 Å². The molecule has 2 heteroatoms. The van der Waals surface area contributed by atoms with E-state index in [0.29, 0.717) is 11.6 Å². The summed E-state index contributed by atoms with van der Waals surface area (Å²) in [5.74, 6) is 0.411. The second-order valence-corrected chi connectivity index (χ2v) is 1.70. The number of allylic oxidation sites excluding steroid dienone is 3. The number of nitrogens with two attached hydrogens (primary N) is 1. The highest BCUT2D eigenvalue weighted by molar-refractivity contribution is 6.19. The molecule has 0 aliphatic carbocycles. The summed E-state index contributed by atoms with van der Waals surface area (Å²) in [5.41, 5.74) is 6.05. The van der Waals surface area contributed by atoms with E-state index in [4.69, 9.17) is 17.3 Å². The number of hydrogen-bond donors (Lipinski definition) is 1. The van der Waals surface area contributed by atoms with Crippen LogP contribution in [0.25, 0.3) is 0 Å². The van der Waals surface area contributed by atoms with E-state index in [2.05, 4.69) is 6.58 Å². The molecule has 0 spiro atoms. The number of hydrogen-bond acceptors (Lipinski definition) is 1. The summed E-state index contributed by atoms with van der Waals surface area (Å²) in [6.07, 6.45) is 4.43. The summed E-state index contributed by atoms with van der Waals surface area (Å²) in [6, 6.07) is 0. The van der Waals surface area contributed by atoms with Crippen LogP contribution in [-0.4, -0.2) is 5.88 Å². The largest absolute Gasteiger partial charge is 0.401 e. The summed E-state index contributed by atoms with van der Waals surface area (Å²) >= 11 is 5.36. The number of halogens is 1. The third kappa shape index (κ3) is 3.75. The molecule has 0 heterocycles. The van der Waals surface area contributed by atoms with Crippen LogP contribution >= 0.6 is 11.6 Å². The molecule has 0 radical (unpaired) electrons. The highest BCUT2D eigenvalue weighted by Gasteiger charge is 1.80. The van der Waals surface area contributed by atoms with Gasteiger partial charge in [0.05, 0.1) is 5.88 Å². The van der Waals surface area contributed by atoms with E-state index >= 15 is 0 Å². The van der Waals surface area contributed by atoms with E-state index in [9.17, 15) is 0 Å². The lowest BCUT2D eigenvalue weighted by Gasteiger charge is -1.88. The first kappa shape index (κ1) is 7.57. The molecule has 0 fully saturated rings. The maximum atomic E-state index is 5.36. The van der Waals surface area contributed by atoms with E-state index in [1.165, 1.54) is 0 Å². The molecule has 0 aromatic carbocycles. The Kier molecular flexibility index (Phi) is 4.47. The summed E-state index contributed by atoms with van der Waals surface area (Å²) in [4.78, 5) is 0. The van der Waals surface area contributed by atoms with Crippen molar-refractivity contribution in [1.29, 1.82) is 0 Å². The Hall–Kier alpha value is -0.430. The molecule has 0 rings (SSSR count). The Balaban J connectivity index is 3.40. The molecule has 0 saturated carbocycles. The van der Waals surface area contributed by atoms with Crippen molar-refractivity contribution in [3.8, 4) is 0 Å². The van der Waals surface area contributed by atoms with Crippen LogP contribution in [0.15, 0.2) is 24.4 Å². The molecule has 0 unspecified atom stereocenters. The van der Waals surface area contributed by atoms with Gasteiger partial charge in [-0.05, 0) is 6.42 Å². The zero-order chi connectivity index (χ0) is 6.41. The fourth-order valence-corrected chi connectivity index (χ4v) is 0.398. The highest BCUT2D eigenvalue weighted by Crippen LogP contribution is 1.90. The van der Waals surface area contributed by atoms with E-state index in [0.717, 1.165) is 6.42 Å². The van der Waals surface area contributed by atoms with Crippen LogP contribution in [-0.2, 0) is 0 Å². The third-order valence-corrected chi connectivity index (χ3v) is 1.01. The summed E-state index contributed by atoms with van der Waals surface area (Å²) in [7, 11) is 0. The van der Waals surface area contributed by atoms with Gasteiger partial charge < -0.3 is 5.73 Å². The quantitative estimate of drug-likeness (QED) is 0.458. The van der Waals surface area contributed by atoms with Crippen molar-refractivity contribution < 1.29 is 0 Å². The Bertz CT molecular complexity index is 96.7. The Morgan fingerprint density at radius 1 is 1.75 bits per heavy atom. The molecule has 0 aromatic heterocycles. The van der Waals surface area contributed by atoms with Crippen molar-refractivity contribution >= 4 is 11.6 Å². The standard InChI is InChI=1S/C6H10ClN/c1-2-3-4-6(8)5-7/h2,4H,1,3,5,8H2/b6-4+. The van der Waals surface area contributed by atoms with Crippen molar-refractivity contribution in [2.24, 2.45) is 5.73 Å². The van der Waals surface area contributed by atoms with E-state index in [-0.39, 0.29) is 0 Å². The average Bonchev–Trinajstić information content (AvgIpc) is 1.83. The van der Waals surface area contributed by atoms with Gasteiger partial charge in [0.2, 0.25) is 0 Å². The third-order valence-electron chi connectivity index (χ3n) is 0.701. The van der Waals surface area contributed by atoms with Crippen LogP contribution in [0.3, 0.4) is 0 Å². The lowest BCUT2D eigenvalue weighted by molar-refractivity contribution is 1.24. The van der Waals surface area contributed by atoms with Gasteiger partial charge in [-0.2, -0.15) is 0 Å². The lowest BCUT2D eigenvalue weighted by Crippen LogP contribution is -1.96. The Morgan fingerprint density at radius 2 is 2.38 bits per heavy atom. The molecule has 2 N–H and O–H groups in total. The zero-order valence-corrected chi connectivity index (χ0v) is 5.49. The zero-order valence-electron chi connectivity index (χ0n) is 4.73. The van der Waals surface area contributed by atoms with Gasteiger partial charge in [0.1, 0.15) is 0 Å². The van der Waals surface area contributed by atoms with Crippen molar-refractivity contribution in [3.05, 3.63) is 24.4 Å². The Labute approximate surface area is 54.8 Å². The lowest BCUT2D eigenvalue weighted by atomic mass is 10.3. The number of alkyl halides is 1. The average molecular weight is 132 g/mol. The molecule has 0 amide bonds. The minimum atomic E-state index is 0.411. The molecule has 0 aliphatic heterocycles. The molecule has 0 atom stereocenters. The van der Waals surface area contributed by atoms with Crippen LogP contribution in [0, 0.1) is 0 Å². The second-order valence-electron chi connectivity index (χ2n) is 1.44. The summed E-state index contributed by atoms with van der Waals surface area (Å²) in [6.45, 7) is 3.52. The molecule has 0 aromatic rings. The molecular formula is C6H10ClN. The fraction of sp³-hybridized carbons (Fsp3) is 0.333. The fourth-order valence-electron chi connectivity index (χ4n) is 0.289. The van der Waals surface area contributed by atoms with Crippen molar-refractivity contribution in [1.82, 2.24) is 0 Å². The highest BCUT2D eigenvalue weighted by atomic mass is 35.5. The summed E-state index contributed by atoms with van der Waals surface area (Å²) < 4.78 is 0. The molecule has 8 heavy (non-hydrogen) atoms.